The van der Waals surface area contributed by atoms with Gasteiger partial charge in [0.1, 0.15) is 0 Å². The molecule has 0 aliphatic carbocycles. The Morgan fingerprint density at radius 3 is 1.82 bits per heavy atom. The smallest absolute Gasteiger partial charge is 0.366 e. The molecule has 0 bridgehead atoms. The zero-order valence-electron chi connectivity index (χ0n) is 17.5. The highest BCUT2D eigenvalue weighted by Gasteiger charge is 2.38. The highest BCUT2D eigenvalue weighted by atomic mass is 19.4. The molecule has 0 aliphatic heterocycles. The van der Waals surface area contributed by atoms with E-state index in [0.717, 1.165) is 69.8 Å². The second kappa shape index (κ2) is 12.8. The molecule has 2 N–H and O–H groups in total. The molecular formula is C23H36F3NO. The molecule has 0 aromatic heterocycles. The minimum Gasteiger partial charge on any atom is -0.366 e. The van der Waals surface area contributed by atoms with E-state index < -0.39 is 23.2 Å². The highest BCUT2D eigenvalue weighted by molar-refractivity contribution is 5.95. The summed E-state index contributed by atoms with van der Waals surface area (Å²) in [5.74, 6) is -1.01. The van der Waals surface area contributed by atoms with Crippen LogP contribution in [-0.2, 0) is 19.0 Å². The van der Waals surface area contributed by atoms with Gasteiger partial charge in [-0.25, -0.2) is 0 Å². The molecule has 1 amide bonds. The standard InChI is InChI=1S/C23H36F3NO/c1-3-5-7-9-11-13-15-19-18(14-12-10-8-6-4-2)16-17-20(22(27)28)21(19)23(24,25)26/h16-17H,3-15H2,1-2H3,(H2,27,28). The van der Waals surface area contributed by atoms with Crippen LogP contribution in [0.15, 0.2) is 12.1 Å². The van der Waals surface area contributed by atoms with Crippen molar-refractivity contribution in [2.75, 3.05) is 0 Å². The summed E-state index contributed by atoms with van der Waals surface area (Å²) in [6.45, 7) is 4.27. The SMILES string of the molecule is CCCCCCCCc1c(CCCCCCC)ccc(C(N)=O)c1C(F)(F)F. The molecule has 0 radical (unpaired) electrons. The van der Waals surface area contributed by atoms with Gasteiger partial charge in [0.2, 0.25) is 5.91 Å². The summed E-state index contributed by atoms with van der Waals surface area (Å²) in [7, 11) is 0. The number of hydrogen-bond donors (Lipinski definition) is 1. The number of amides is 1. The van der Waals surface area contributed by atoms with Crippen molar-refractivity contribution in [1.82, 2.24) is 0 Å². The molecule has 0 saturated carbocycles. The van der Waals surface area contributed by atoms with Gasteiger partial charge in [-0.1, -0.05) is 77.7 Å². The summed E-state index contributed by atoms with van der Waals surface area (Å²) in [6, 6.07) is 2.94. The summed E-state index contributed by atoms with van der Waals surface area (Å²) in [5, 5.41) is 0. The molecule has 5 heteroatoms. The Kier molecular flexibility index (Phi) is 11.2. The van der Waals surface area contributed by atoms with Crippen LogP contribution in [0.3, 0.4) is 0 Å². The van der Waals surface area contributed by atoms with E-state index in [-0.39, 0.29) is 5.56 Å². The minimum absolute atomic E-state index is 0.287. The fourth-order valence-electron chi connectivity index (χ4n) is 3.74. The van der Waals surface area contributed by atoms with Crippen LogP contribution < -0.4 is 5.73 Å². The Hall–Kier alpha value is -1.52. The number of unbranched alkanes of at least 4 members (excludes halogenated alkanes) is 9. The Morgan fingerprint density at radius 2 is 1.32 bits per heavy atom. The second-order valence-electron chi connectivity index (χ2n) is 7.67. The van der Waals surface area contributed by atoms with Crippen LogP contribution >= 0.6 is 0 Å². The number of alkyl halides is 3. The first-order valence-electron chi connectivity index (χ1n) is 10.8. The Labute approximate surface area is 168 Å². The molecule has 1 aromatic carbocycles. The lowest BCUT2D eigenvalue weighted by atomic mass is 9.89. The van der Waals surface area contributed by atoms with Crippen LogP contribution in [0.5, 0.6) is 0 Å². The number of hydrogen-bond acceptors (Lipinski definition) is 1. The summed E-state index contributed by atoms with van der Waals surface area (Å²) in [4.78, 5) is 11.6. The number of rotatable bonds is 14. The van der Waals surface area contributed by atoms with Crippen LogP contribution in [-0.4, -0.2) is 5.91 Å². The molecule has 28 heavy (non-hydrogen) atoms. The predicted octanol–water partition coefficient (Wildman–Crippen LogP) is 7.22. The zero-order valence-corrected chi connectivity index (χ0v) is 17.5. The summed E-state index contributed by atoms with van der Waals surface area (Å²) in [6.07, 6.45) is 7.76. The van der Waals surface area contributed by atoms with E-state index in [2.05, 4.69) is 13.8 Å². The molecule has 2 nitrogen and oxygen atoms in total. The van der Waals surface area contributed by atoms with Crippen molar-refractivity contribution in [2.45, 2.75) is 103 Å². The van der Waals surface area contributed by atoms with E-state index in [0.29, 0.717) is 19.3 Å². The minimum atomic E-state index is -4.57. The van der Waals surface area contributed by atoms with Crippen molar-refractivity contribution < 1.29 is 18.0 Å². The molecule has 0 spiro atoms. The lowest BCUT2D eigenvalue weighted by Gasteiger charge is -2.20. The average molecular weight is 400 g/mol. The van der Waals surface area contributed by atoms with E-state index in [1.165, 1.54) is 6.07 Å². The van der Waals surface area contributed by atoms with Crippen LogP contribution in [0, 0.1) is 0 Å². The molecule has 0 heterocycles. The van der Waals surface area contributed by atoms with Gasteiger partial charge in [-0.2, -0.15) is 13.2 Å². The van der Waals surface area contributed by atoms with E-state index in [4.69, 9.17) is 5.73 Å². The Bertz CT molecular complexity index is 596. The normalized spacial score (nSPS) is 11.8. The van der Waals surface area contributed by atoms with Gasteiger partial charge >= 0.3 is 6.18 Å². The van der Waals surface area contributed by atoms with Gasteiger partial charge in [0.25, 0.3) is 0 Å². The Morgan fingerprint density at radius 1 is 0.821 bits per heavy atom. The van der Waals surface area contributed by atoms with Gasteiger partial charge in [0.05, 0.1) is 11.1 Å². The number of primary amides is 1. The van der Waals surface area contributed by atoms with Gasteiger partial charge in [-0.05, 0) is 42.9 Å². The maximum atomic E-state index is 13.8. The van der Waals surface area contributed by atoms with Gasteiger partial charge in [0.15, 0.2) is 0 Å². The molecule has 0 aliphatic rings. The maximum absolute atomic E-state index is 13.8. The monoisotopic (exact) mass is 399 g/mol. The van der Waals surface area contributed by atoms with Crippen molar-refractivity contribution in [3.63, 3.8) is 0 Å². The molecule has 1 aromatic rings. The third-order valence-corrected chi connectivity index (χ3v) is 5.29. The molecule has 0 unspecified atom stereocenters. The number of benzene rings is 1. The van der Waals surface area contributed by atoms with Crippen molar-refractivity contribution in [3.05, 3.63) is 34.4 Å². The Balaban J connectivity index is 3.00. The highest BCUT2D eigenvalue weighted by Crippen LogP contribution is 2.37. The number of aryl methyl sites for hydroxylation is 1. The van der Waals surface area contributed by atoms with Gasteiger partial charge in [0, 0.05) is 0 Å². The summed E-state index contributed by atoms with van der Waals surface area (Å²) < 4.78 is 41.4. The molecule has 160 valence electrons. The van der Waals surface area contributed by atoms with E-state index in [1.54, 1.807) is 6.07 Å². The van der Waals surface area contributed by atoms with Crippen molar-refractivity contribution in [1.29, 1.82) is 0 Å². The molecule has 0 fully saturated rings. The largest absolute Gasteiger partial charge is 0.417 e. The topological polar surface area (TPSA) is 43.1 Å². The second-order valence-corrected chi connectivity index (χ2v) is 7.67. The lowest BCUT2D eigenvalue weighted by molar-refractivity contribution is -0.138. The fourth-order valence-corrected chi connectivity index (χ4v) is 3.74. The molecule has 1 rings (SSSR count). The molecular weight excluding hydrogens is 363 g/mol. The maximum Gasteiger partial charge on any atom is 0.417 e. The van der Waals surface area contributed by atoms with Gasteiger partial charge in [-0.15, -0.1) is 0 Å². The molecule has 0 saturated heterocycles. The van der Waals surface area contributed by atoms with Crippen LogP contribution in [0.1, 0.15) is 112 Å². The van der Waals surface area contributed by atoms with Crippen molar-refractivity contribution in [3.8, 4) is 0 Å². The van der Waals surface area contributed by atoms with Gasteiger partial charge < -0.3 is 5.73 Å². The van der Waals surface area contributed by atoms with Crippen molar-refractivity contribution in [2.24, 2.45) is 5.73 Å². The van der Waals surface area contributed by atoms with Crippen LogP contribution in [0.25, 0.3) is 0 Å². The van der Waals surface area contributed by atoms with Crippen molar-refractivity contribution >= 4 is 5.91 Å². The first-order chi connectivity index (χ1) is 13.3. The van der Waals surface area contributed by atoms with Gasteiger partial charge in [-0.3, -0.25) is 4.79 Å². The number of nitrogens with two attached hydrogens (primary N) is 1. The number of carbonyl (C=O) groups excluding carboxylic acids is 1. The summed E-state index contributed by atoms with van der Waals surface area (Å²) >= 11 is 0. The van der Waals surface area contributed by atoms with E-state index >= 15 is 0 Å². The van der Waals surface area contributed by atoms with Crippen LogP contribution in [0.2, 0.25) is 0 Å². The number of carbonyl (C=O) groups is 1. The lowest BCUT2D eigenvalue weighted by Crippen LogP contribution is -2.22. The van der Waals surface area contributed by atoms with E-state index in [1.807, 2.05) is 0 Å². The van der Waals surface area contributed by atoms with Crippen LogP contribution in [0.4, 0.5) is 13.2 Å². The van der Waals surface area contributed by atoms with E-state index in [9.17, 15) is 18.0 Å². The third kappa shape index (κ3) is 8.24. The predicted molar refractivity (Wildman–Crippen MR) is 110 cm³/mol. The first-order valence-corrected chi connectivity index (χ1v) is 10.8. The zero-order chi connectivity index (χ0) is 21.0. The average Bonchev–Trinajstić information content (AvgIpc) is 2.63. The number of halogens is 3. The summed E-state index contributed by atoms with van der Waals surface area (Å²) in [5.41, 5.74) is 5.06. The third-order valence-electron chi connectivity index (χ3n) is 5.29. The molecule has 0 atom stereocenters. The quantitative estimate of drug-likeness (QED) is 0.330. The first kappa shape index (κ1) is 24.5. The fraction of sp³-hybridized carbons (Fsp3) is 0.696.